The average molecular weight is 322 g/mol. The van der Waals surface area contributed by atoms with Crippen LogP contribution in [-0.4, -0.2) is 12.5 Å². The van der Waals surface area contributed by atoms with Gasteiger partial charge in [-0.1, -0.05) is 15.9 Å². The number of rotatable bonds is 3. The maximum atomic E-state index is 11.9. The third-order valence-corrected chi connectivity index (χ3v) is 3.43. The molecule has 0 aromatic heterocycles. The van der Waals surface area contributed by atoms with Crippen molar-refractivity contribution in [1.29, 1.82) is 0 Å². The number of hydrogen-bond donors (Lipinski definition) is 2. The fourth-order valence-electron chi connectivity index (χ4n) is 1.12. The minimum atomic E-state index is -0.541. The van der Waals surface area contributed by atoms with Crippen LogP contribution in [0.3, 0.4) is 0 Å². The third kappa shape index (κ3) is 4.30. The first kappa shape index (κ1) is 16.4. The van der Waals surface area contributed by atoms with E-state index in [1.165, 1.54) is 0 Å². The lowest BCUT2D eigenvalue weighted by atomic mass is 9.92. The number of carbonyl (C=O) groups excluding carboxylic acids is 1. The van der Waals surface area contributed by atoms with Crippen LogP contribution < -0.4 is 11.1 Å². The van der Waals surface area contributed by atoms with Crippen LogP contribution in [0.1, 0.15) is 19.4 Å². The molecule has 0 aliphatic carbocycles. The van der Waals surface area contributed by atoms with E-state index < -0.39 is 5.41 Å². The summed E-state index contributed by atoms with van der Waals surface area (Å²) in [7, 11) is 0. The first-order chi connectivity index (χ1) is 7.36. The second-order valence-electron chi connectivity index (χ2n) is 4.51. The molecule has 5 heteroatoms. The Hall–Kier alpha value is -0.580. The molecule has 17 heavy (non-hydrogen) atoms. The van der Waals surface area contributed by atoms with Crippen molar-refractivity contribution in [3.05, 3.63) is 28.2 Å². The summed E-state index contributed by atoms with van der Waals surface area (Å²) in [5, 5.41) is 2.86. The average Bonchev–Trinajstić information content (AvgIpc) is 2.23. The number of aryl methyl sites for hydroxylation is 1. The standard InChI is InChI=1S/C12H17BrN2O.ClH/c1-8-6-9(4-5-10(8)13)15-11(16)12(2,3)7-14;/h4-6H,7,14H2,1-3H3,(H,15,16);1H. The van der Waals surface area contributed by atoms with E-state index in [1.54, 1.807) is 0 Å². The van der Waals surface area contributed by atoms with Gasteiger partial charge in [0.1, 0.15) is 0 Å². The van der Waals surface area contributed by atoms with E-state index in [2.05, 4.69) is 21.2 Å². The molecule has 1 aromatic rings. The first-order valence-corrected chi connectivity index (χ1v) is 5.94. The molecular weight excluding hydrogens is 304 g/mol. The van der Waals surface area contributed by atoms with Crippen LogP contribution in [0.4, 0.5) is 5.69 Å². The molecule has 0 saturated carbocycles. The number of benzene rings is 1. The summed E-state index contributed by atoms with van der Waals surface area (Å²) >= 11 is 3.42. The number of amides is 1. The Balaban J connectivity index is 0.00000256. The largest absolute Gasteiger partial charge is 0.329 e. The molecule has 0 aliphatic rings. The van der Waals surface area contributed by atoms with Crippen molar-refractivity contribution in [2.75, 3.05) is 11.9 Å². The highest BCUT2D eigenvalue weighted by Gasteiger charge is 2.25. The predicted octanol–water partition coefficient (Wildman–Crippen LogP) is 3.10. The van der Waals surface area contributed by atoms with Gasteiger partial charge in [0.15, 0.2) is 0 Å². The highest BCUT2D eigenvalue weighted by atomic mass is 79.9. The highest BCUT2D eigenvalue weighted by molar-refractivity contribution is 9.10. The van der Waals surface area contributed by atoms with Gasteiger partial charge in [-0.15, -0.1) is 12.4 Å². The SMILES string of the molecule is Cc1cc(NC(=O)C(C)(C)CN)ccc1Br.Cl. The summed E-state index contributed by atoms with van der Waals surface area (Å²) in [5.41, 5.74) is 6.89. The molecule has 0 unspecified atom stereocenters. The second-order valence-corrected chi connectivity index (χ2v) is 5.36. The molecule has 96 valence electrons. The van der Waals surface area contributed by atoms with Crippen molar-refractivity contribution >= 4 is 39.9 Å². The van der Waals surface area contributed by atoms with E-state index in [4.69, 9.17) is 5.73 Å². The lowest BCUT2D eigenvalue weighted by molar-refractivity contribution is -0.123. The number of halogens is 2. The van der Waals surface area contributed by atoms with E-state index in [1.807, 2.05) is 39.0 Å². The van der Waals surface area contributed by atoms with Crippen molar-refractivity contribution in [2.45, 2.75) is 20.8 Å². The monoisotopic (exact) mass is 320 g/mol. The summed E-state index contributed by atoms with van der Waals surface area (Å²) in [6.07, 6.45) is 0. The quantitative estimate of drug-likeness (QED) is 0.899. The van der Waals surface area contributed by atoms with Crippen molar-refractivity contribution in [2.24, 2.45) is 11.1 Å². The van der Waals surface area contributed by atoms with Gasteiger partial charge >= 0.3 is 0 Å². The minimum absolute atomic E-state index is 0. The molecule has 0 aliphatic heterocycles. The van der Waals surface area contributed by atoms with Gasteiger partial charge in [0.2, 0.25) is 5.91 Å². The molecule has 0 heterocycles. The van der Waals surface area contributed by atoms with Gasteiger partial charge in [0, 0.05) is 16.7 Å². The molecule has 1 aromatic carbocycles. The molecule has 1 rings (SSSR count). The molecule has 1 amide bonds. The summed E-state index contributed by atoms with van der Waals surface area (Å²) < 4.78 is 1.03. The molecule has 0 radical (unpaired) electrons. The van der Waals surface area contributed by atoms with Gasteiger partial charge < -0.3 is 11.1 Å². The highest BCUT2D eigenvalue weighted by Crippen LogP contribution is 2.22. The van der Waals surface area contributed by atoms with Crippen LogP contribution in [0, 0.1) is 12.3 Å². The topological polar surface area (TPSA) is 55.1 Å². The molecule has 0 bridgehead atoms. The number of hydrogen-bond acceptors (Lipinski definition) is 2. The van der Waals surface area contributed by atoms with Crippen molar-refractivity contribution in [3.8, 4) is 0 Å². The maximum absolute atomic E-state index is 11.9. The van der Waals surface area contributed by atoms with Gasteiger partial charge in [0.25, 0.3) is 0 Å². The van der Waals surface area contributed by atoms with Gasteiger partial charge in [-0.05, 0) is 44.5 Å². The van der Waals surface area contributed by atoms with Crippen LogP contribution >= 0.6 is 28.3 Å². The Bertz CT molecular complexity index is 407. The number of nitrogens with two attached hydrogens (primary N) is 1. The molecule has 3 nitrogen and oxygen atoms in total. The number of nitrogens with one attached hydrogen (secondary N) is 1. The van der Waals surface area contributed by atoms with E-state index in [0.29, 0.717) is 6.54 Å². The summed E-state index contributed by atoms with van der Waals surface area (Å²) in [6.45, 7) is 5.96. The smallest absolute Gasteiger partial charge is 0.231 e. The van der Waals surface area contributed by atoms with Crippen LogP contribution in [0.25, 0.3) is 0 Å². The van der Waals surface area contributed by atoms with Crippen LogP contribution in [-0.2, 0) is 4.79 Å². The van der Waals surface area contributed by atoms with Gasteiger partial charge in [-0.25, -0.2) is 0 Å². The molecule has 3 N–H and O–H groups in total. The molecule has 0 fully saturated rings. The van der Waals surface area contributed by atoms with Crippen molar-refractivity contribution < 1.29 is 4.79 Å². The zero-order valence-corrected chi connectivity index (χ0v) is 12.6. The Kier molecular flexibility index (Phi) is 6.16. The van der Waals surface area contributed by atoms with E-state index in [-0.39, 0.29) is 18.3 Å². The lowest BCUT2D eigenvalue weighted by Gasteiger charge is -2.21. The number of anilines is 1. The van der Waals surface area contributed by atoms with Crippen LogP contribution in [0.5, 0.6) is 0 Å². The first-order valence-electron chi connectivity index (χ1n) is 5.14. The van der Waals surface area contributed by atoms with Crippen molar-refractivity contribution in [1.82, 2.24) is 0 Å². The van der Waals surface area contributed by atoms with Gasteiger partial charge in [-0.3, -0.25) is 4.79 Å². The Morgan fingerprint density at radius 1 is 1.47 bits per heavy atom. The molecule has 0 atom stereocenters. The van der Waals surface area contributed by atoms with Gasteiger partial charge in [-0.2, -0.15) is 0 Å². The molecule has 0 spiro atoms. The zero-order valence-electron chi connectivity index (χ0n) is 10.2. The predicted molar refractivity (Wildman–Crippen MR) is 77.6 cm³/mol. The third-order valence-electron chi connectivity index (χ3n) is 2.54. The number of carbonyl (C=O) groups is 1. The molecule has 0 saturated heterocycles. The van der Waals surface area contributed by atoms with E-state index in [0.717, 1.165) is 15.7 Å². The summed E-state index contributed by atoms with van der Waals surface area (Å²) in [5.74, 6) is -0.0586. The fourth-order valence-corrected chi connectivity index (χ4v) is 1.36. The summed E-state index contributed by atoms with van der Waals surface area (Å²) in [4.78, 5) is 11.9. The Morgan fingerprint density at radius 2 is 2.06 bits per heavy atom. The second kappa shape index (κ2) is 6.38. The Labute approximate surface area is 117 Å². The molecular formula is C12H18BrClN2O. The summed E-state index contributed by atoms with van der Waals surface area (Å²) in [6, 6.07) is 5.70. The van der Waals surface area contributed by atoms with Crippen molar-refractivity contribution in [3.63, 3.8) is 0 Å². The maximum Gasteiger partial charge on any atom is 0.231 e. The van der Waals surface area contributed by atoms with Crippen LogP contribution in [0.2, 0.25) is 0 Å². The van der Waals surface area contributed by atoms with E-state index in [9.17, 15) is 4.79 Å². The van der Waals surface area contributed by atoms with E-state index >= 15 is 0 Å². The minimum Gasteiger partial charge on any atom is -0.329 e. The fraction of sp³-hybridized carbons (Fsp3) is 0.417. The lowest BCUT2D eigenvalue weighted by Crippen LogP contribution is -2.37. The van der Waals surface area contributed by atoms with Crippen LogP contribution in [0.15, 0.2) is 22.7 Å². The normalized spacial score (nSPS) is 10.6. The zero-order chi connectivity index (χ0) is 12.3. The van der Waals surface area contributed by atoms with Gasteiger partial charge in [0.05, 0.1) is 5.41 Å². The Morgan fingerprint density at radius 3 is 2.53 bits per heavy atom.